The molecule has 188 valence electrons. The first-order valence-electron chi connectivity index (χ1n) is 12.7. The molecule has 0 bridgehead atoms. The molecule has 0 aromatic rings. The Morgan fingerprint density at radius 2 is 1.09 bits per heavy atom. The number of ether oxygens (including phenoxy) is 4. The molecule has 32 heavy (non-hydrogen) atoms. The third-order valence-corrected chi connectivity index (χ3v) is 7.75. The predicted molar refractivity (Wildman–Crippen MR) is 127 cm³/mol. The van der Waals surface area contributed by atoms with Gasteiger partial charge in [-0.2, -0.15) is 0 Å². The van der Waals surface area contributed by atoms with E-state index in [9.17, 15) is 9.59 Å². The van der Waals surface area contributed by atoms with E-state index in [0.717, 1.165) is 81.5 Å². The monoisotopic (exact) mass is 566 g/mol. The van der Waals surface area contributed by atoms with E-state index in [2.05, 4.69) is 27.7 Å². The summed E-state index contributed by atoms with van der Waals surface area (Å²) in [6.07, 6.45) is 11.2. The minimum absolute atomic E-state index is 0.279. The number of hydrogen-bond donors (Lipinski definition) is 0. The summed E-state index contributed by atoms with van der Waals surface area (Å²) in [5, 5.41) is 0. The summed E-state index contributed by atoms with van der Waals surface area (Å²) in [6, 6.07) is 0. The molecule has 0 amide bonds. The van der Waals surface area contributed by atoms with Crippen LogP contribution in [0.4, 0.5) is 9.59 Å². The van der Waals surface area contributed by atoms with Gasteiger partial charge in [0, 0.05) is 0 Å². The van der Waals surface area contributed by atoms with Gasteiger partial charge in [-0.25, -0.2) is 0 Å². The van der Waals surface area contributed by atoms with Crippen molar-refractivity contribution in [1.82, 2.24) is 0 Å². The zero-order valence-electron chi connectivity index (χ0n) is 20.9. The fourth-order valence-electron chi connectivity index (χ4n) is 2.90. The molecule has 0 spiro atoms. The molecule has 0 aliphatic carbocycles. The van der Waals surface area contributed by atoms with Crippen LogP contribution in [0.2, 0.25) is 4.44 Å². The summed E-state index contributed by atoms with van der Waals surface area (Å²) in [5.74, 6) is -1.74. The second-order valence-corrected chi connectivity index (χ2v) is 10.8. The van der Waals surface area contributed by atoms with Crippen LogP contribution in [0.3, 0.4) is 0 Å². The van der Waals surface area contributed by atoms with Gasteiger partial charge in [0.2, 0.25) is 0 Å². The standard InChI is InChI=1S/C20H37O7.C4H9.Sn/c1-4-7-10-13-16-24-18(21)26-20(23,15-12-9-6-3)27-19(22)25-17-14-11-8-5-2;1-3-4-2;/h4-17H2,1-3H3;1,3-4H2,2H3;/q-1;;+1. The van der Waals surface area contributed by atoms with Crippen LogP contribution in [-0.2, 0) is 22.0 Å². The van der Waals surface area contributed by atoms with Crippen molar-refractivity contribution in [2.75, 3.05) is 13.2 Å². The van der Waals surface area contributed by atoms with Gasteiger partial charge in [0.15, 0.2) is 0 Å². The van der Waals surface area contributed by atoms with Crippen molar-refractivity contribution >= 4 is 33.9 Å². The van der Waals surface area contributed by atoms with E-state index in [0.29, 0.717) is 6.42 Å². The van der Waals surface area contributed by atoms with Gasteiger partial charge in [-0.15, -0.1) is 0 Å². The topological polar surface area (TPSA) is 80.3 Å². The van der Waals surface area contributed by atoms with Crippen LogP contribution in [0.15, 0.2) is 0 Å². The molecule has 0 atom stereocenters. The average Bonchev–Trinajstić information content (AvgIpc) is 2.76. The number of carbonyl (C=O) groups excluding carboxylic acids is 2. The first-order chi connectivity index (χ1) is 15.5. The van der Waals surface area contributed by atoms with Crippen LogP contribution in [0.5, 0.6) is 0 Å². The SMILES string of the molecule is CCCCCCOC(=O)OC(CCCCC)([O][Sn][CH2]CCC)OC(=O)OCCCCCC. The quantitative estimate of drug-likeness (QED) is 0.0616. The van der Waals surface area contributed by atoms with Crippen molar-refractivity contribution < 1.29 is 31.6 Å². The van der Waals surface area contributed by atoms with Crippen molar-refractivity contribution in [2.45, 2.75) is 128 Å². The molecule has 7 nitrogen and oxygen atoms in total. The molecule has 8 heteroatoms. The fourth-order valence-corrected chi connectivity index (χ4v) is 5.77. The Balaban J connectivity index is 5.01. The van der Waals surface area contributed by atoms with Crippen LogP contribution in [0.25, 0.3) is 0 Å². The number of unbranched alkanes of at least 4 members (excludes halogenated alkanes) is 9. The van der Waals surface area contributed by atoms with E-state index in [-0.39, 0.29) is 19.6 Å². The van der Waals surface area contributed by atoms with Gasteiger partial charge in [0.1, 0.15) is 0 Å². The molecular formula is C24H46O7Sn. The Labute approximate surface area is 206 Å². The zero-order chi connectivity index (χ0) is 23.9. The van der Waals surface area contributed by atoms with Gasteiger partial charge >= 0.3 is 207 Å². The number of carbonyl (C=O) groups is 2. The number of hydrogen-bond acceptors (Lipinski definition) is 7. The first-order valence-corrected chi connectivity index (χ1v) is 15.8. The van der Waals surface area contributed by atoms with E-state index in [1.807, 2.05) is 0 Å². The minimum atomic E-state index is -1.74. The van der Waals surface area contributed by atoms with Crippen LogP contribution < -0.4 is 0 Å². The third-order valence-electron chi connectivity index (χ3n) is 4.86. The van der Waals surface area contributed by atoms with Crippen molar-refractivity contribution in [3.8, 4) is 0 Å². The van der Waals surface area contributed by atoms with E-state index < -0.39 is 39.8 Å². The van der Waals surface area contributed by atoms with Crippen molar-refractivity contribution in [1.29, 1.82) is 0 Å². The summed E-state index contributed by atoms with van der Waals surface area (Å²) >= 11 is -1.36. The van der Waals surface area contributed by atoms with E-state index in [1.165, 1.54) is 0 Å². The van der Waals surface area contributed by atoms with E-state index in [4.69, 9.17) is 22.0 Å². The Kier molecular flexibility index (Phi) is 21.6. The molecule has 0 rings (SSSR count). The summed E-state index contributed by atoms with van der Waals surface area (Å²) in [7, 11) is 0. The molecule has 2 radical (unpaired) electrons. The molecule has 0 aliphatic rings. The van der Waals surface area contributed by atoms with Gasteiger partial charge < -0.3 is 0 Å². The van der Waals surface area contributed by atoms with E-state index >= 15 is 0 Å². The Hall–Kier alpha value is -0.701. The van der Waals surface area contributed by atoms with Crippen LogP contribution in [0.1, 0.15) is 118 Å². The molecule has 0 saturated heterocycles. The summed E-state index contributed by atoms with van der Waals surface area (Å²) in [5.41, 5.74) is 0. The number of rotatable bonds is 21. The molecule has 0 unspecified atom stereocenters. The fraction of sp³-hybridized carbons (Fsp3) is 0.917. The predicted octanol–water partition coefficient (Wildman–Crippen LogP) is 7.54. The second kappa shape index (κ2) is 22.1. The van der Waals surface area contributed by atoms with Crippen LogP contribution in [0, 0.1) is 0 Å². The maximum atomic E-state index is 12.4. The molecule has 0 saturated carbocycles. The summed E-state index contributed by atoms with van der Waals surface area (Å²) in [4.78, 5) is 24.8. The van der Waals surface area contributed by atoms with Crippen molar-refractivity contribution in [2.24, 2.45) is 0 Å². The van der Waals surface area contributed by atoms with Gasteiger partial charge in [-0.05, 0) is 0 Å². The van der Waals surface area contributed by atoms with Gasteiger partial charge in [-0.1, -0.05) is 0 Å². The van der Waals surface area contributed by atoms with Crippen LogP contribution >= 0.6 is 0 Å². The van der Waals surface area contributed by atoms with Crippen molar-refractivity contribution in [3.05, 3.63) is 0 Å². The molecule has 0 fully saturated rings. The summed E-state index contributed by atoms with van der Waals surface area (Å²) < 4.78 is 28.5. The van der Waals surface area contributed by atoms with Crippen LogP contribution in [-0.4, -0.2) is 53.1 Å². The molecule has 0 heterocycles. The Bertz CT molecular complexity index is 432. The van der Waals surface area contributed by atoms with E-state index in [1.54, 1.807) is 0 Å². The summed E-state index contributed by atoms with van der Waals surface area (Å²) in [6.45, 7) is 9.01. The maximum absolute atomic E-state index is 12.4. The van der Waals surface area contributed by atoms with Gasteiger partial charge in [0.25, 0.3) is 0 Å². The average molecular weight is 565 g/mol. The normalized spacial score (nSPS) is 11.2. The Morgan fingerprint density at radius 3 is 1.56 bits per heavy atom. The first kappa shape index (κ1) is 31.3. The molecule has 0 aromatic carbocycles. The molecule has 0 aliphatic heterocycles. The van der Waals surface area contributed by atoms with Crippen molar-refractivity contribution in [3.63, 3.8) is 0 Å². The molecule has 0 N–H and O–H groups in total. The second-order valence-electron chi connectivity index (χ2n) is 8.01. The van der Waals surface area contributed by atoms with Gasteiger partial charge in [0.05, 0.1) is 0 Å². The van der Waals surface area contributed by atoms with Gasteiger partial charge in [-0.3, -0.25) is 0 Å². The molecular weight excluding hydrogens is 519 g/mol. The zero-order valence-corrected chi connectivity index (χ0v) is 23.7. The molecule has 0 aromatic heterocycles. The third kappa shape index (κ3) is 17.8. The Morgan fingerprint density at radius 1 is 0.625 bits per heavy atom.